The Bertz CT molecular complexity index is 1020. The molecule has 0 aliphatic carbocycles. The molecule has 30 heavy (non-hydrogen) atoms. The van der Waals surface area contributed by atoms with Crippen LogP contribution in [0.3, 0.4) is 0 Å². The molecule has 6 nitrogen and oxygen atoms in total. The summed E-state index contributed by atoms with van der Waals surface area (Å²) in [5.41, 5.74) is 1.97. The number of thiophene rings is 1. The van der Waals surface area contributed by atoms with Crippen LogP contribution in [0.2, 0.25) is 4.34 Å². The summed E-state index contributed by atoms with van der Waals surface area (Å²) in [6.07, 6.45) is 2.89. The van der Waals surface area contributed by atoms with Crippen molar-refractivity contribution in [1.29, 1.82) is 0 Å². The van der Waals surface area contributed by atoms with Gasteiger partial charge in [0.05, 0.1) is 4.34 Å². The predicted octanol–water partition coefficient (Wildman–Crippen LogP) is 4.11. The number of benzene rings is 1. The summed E-state index contributed by atoms with van der Waals surface area (Å²) in [7, 11) is 0.348. The molecule has 2 atom stereocenters. The lowest BCUT2D eigenvalue weighted by molar-refractivity contribution is -0.118. The third kappa shape index (κ3) is 5.50. The van der Waals surface area contributed by atoms with E-state index in [0.717, 1.165) is 22.4 Å². The minimum absolute atomic E-state index is 0.237. The van der Waals surface area contributed by atoms with Gasteiger partial charge >= 0.3 is 0 Å². The number of carbonyl (C=O) groups is 1. The molecule has 1 N–H and O–H groups in total. The second kappa shape index (κ2) is 9.62. The maximum absolute atomic E-state index is 12.8. The van der Waals surface area contributed by atoms with Crippen LogP contribution in [0, 0.1) is 0 Å². The van der Waals surface area contributed by atoms with Gasteiger partial charge < -0.3 is 9.80 Å². The summed E-state index contributed by atoms with van der Waals surface area (Å²) < 4.78 is 27.8. The molecule has 1 aromatic heterocycles. The number of sulfonamides is 1. The van der Waals surface area contributed by atoms with Gasteiger partial charge in [-0.1, -0.05) is 30.7 Å². The van der Waals surface area contributed by atoms with Gasteiger partial charge in [-0.15, -0.1) is 11.3 Å². The Morgan fingerprint density at radius 3 is 2.53 bits per heavy atom. The maximum atomic E-state index is 12.8. The zero-order valence-corrected chi connectivity index (χ0v) is 19.6. The highest BCUT2D eigenvalue weighted by atomic mass is 35.5. The van der Waals surface area contributed by atoms with Crippen molar-refractivity contribution in [3.63, 3.8) is 0 Å². The number of amides is 1. The fourth-order valence-corrected chi connectivity index (χ4v) is 5.70. The van der Waals surface area contributed by atoms with Gasteiger partial charge in [-0.2, -0.15) is 4.72 Å². The molecule has 1 aliphatic rings. The molecule has 1 amide bonds. The molecule has 1 aliphatic heterocycles. The van der Waals surface area contributed by atoms with Gasteiger partial charge in [0.2, 0.25) is 15.9 Å². The van der Waals surface area contributed by atoms with Crippen LogP contribution in [0.1, 0.15) is 36.2 Å². The fraction of sp³-hybridized carbons (Fsp3) is 0.381. The number of rotatable bonds is 8. The largest absolute Gasteiger partial charge is 0.311 e. The van der Waals surface area contributed by atoms with Crippen molar-refractivity contribution in [2.75, 3.05) is 25.5 Å². The third-order valence-corrected chi connectivity index (χ3v) is 7.42. The SMILES string of the molecule is CC[C@H](c1ccc(N2CC[C@H](NS(=O)(=O)/C=C/c3ccc(Cl)s3)C2=O)cc1)N(C)C. The molecule has 2 aromatic rings. The van der Waals surface area contributed by atoms with Crippen LogP contribution >= 0.6 is 22.9 Å². The number of hydrogen-bond donors (Lipinski definition) is 1. The van der Waals surface area contributed by atoms with Crippen molar-refractivity contribution < 1.29 is 13.2 Å². The summed E-state index contributed by atoms with van der Waals surface area (Å²) in [5.74, 6) is -0.237. The Hall–Kier alpha value is -1.71. The van der Waals surface area contributed by atoms with E-state index >= 15 is 0 Å². The van der Waals surface area contributed by atoms with E-state index in [1.165, 1.54) is 23.0 Å². The Kier molecular flexibility index (Phi) is 7.36. The first kappa shape index (κ1) is 23.0. The first-order valence-corrected chi connectivity index (χ1v) is 12.5. The van der Waals surface area contributed by atoms with Crippen molar-refractivity contribution in [2.45, 2.75) is 31.8 Å². The number of anilines is 1. The monoisotopic (exact) mass is 467 g/mol. The van der Waals surface area contributed by atoms with Crippen LogP contribution in [0.25, 0.3) is 6.08 Å². The molecule has 3 rings (SSSR count). The van der Waals surface area contributed by atoms with Gasteiger partial charge in [-0.25, -0.2) is 8.42 Å². The van der Waals surface area contributed by atoms with Crippen LogP contribution in [-0.2, 0) is 14.8 Å². The van der Waals surface area contributed by atoms with Crippen molar-refractivity contribution >= 4 is 50.6 Å². The summed E-state index contributed by atoms with van der Waals surface area (Å²) in [4.78, 5) is 17.3. The number of halogens is 1. The maximum Gasteiger partial charge on any atom is 0.245 e. The molecular weight excluding hydrogens is 442 g/mol. The summed E-state index contributed by atoms with van der Waals surface area (Å²) in [5, 5.41) is 1.08. The number of nitrogens with zero attached hydrogens (tertiary/aromatic N) is 2. The molecule has 0 spiro atoms. The molecule has 1 aromatic carbocycles. The van der Waals surface area contributed by atoms with E-state index in [1.807, 2.05) is 38.4 Å². The highest BCUT2D eigenvalue weighted by Crippen LogP contribution is 2.27. The minimum atomic E-state index is -3.74. The van der Waals surface area contributed by atoms with E-state index in [4.69, 9.17) is 11.6 Å². The molecule has 0 radical (unpaired) electrons. The third-order valence-electron chi connectivity index (χ3n) is 5.12. The smallest absolute Gasteiger partial charge is 0.245 e. The molecular formula is C21H26ClN3O3S2. The topological polar surface area (TPSA) is 69.7 Å². The van der Waals surface area contributed by atoms with Gasteiger partial charge in [0.15, 0.2) is 0 Å². The quantitative estimate of drug-likeness (QED) is 0.634. The van der Waals surface area contributed by atoms with Gasteiger partial charge in [0, 0.05) is 28.6 Å². The second-order valence-electron chi connectivity index (χ2n) is 7.42. The summed E-state index contributed by atoms with van der Waals surface area (Å²) >= 11 is 7.14. The Morgan fingerprint density at radius 2 is 1.97 bits per heavy atom. The van der Waals surface area contributed by atoms with Crippen LogP contribution in [0.15, 0.2) is 41.8 Å². The number of nitrogens with one attached hydrogen (secondary N) is 1. The van der Waals surface area contributed by atoms with Crippen LogP contribution in [0.5, 0.6) is 0 Å². The van der Waals surface area contributed by atoms with E-state index in [2.05, 4.69) is 16.5 Å². The van der Waals surface area contributed by atoms with Crippen LogP contribution < -0.4 is 9.62 Å². The number of hydrogen-bond acceptors (Lipinski definition) is 5. The van der Waals surface area contributed by atoms with Crippen molar-refractivity contribution in [3.8, 4) is 0 Å². The number of carbonyl (C=O) groups excluding carboxylic acids is 1. The predicted molar refractivity (Wildman–Crippen MR) is 124 cm³/mol. The molecule has 0 bridgehead atoms. The average Bonchev–Trinajstić information content (AvgIpc) is 3.27. The molecule has 162 valence electrons. The first-order chi connectivity index (χ1) is 14.2. The van der Waals surface area contributed by atoms with E-state index < -0.39 is 16.1 Å². The van der Waals surface area contributed by atoms with Crippen molar-refractivity contribution in [3.05, 3.63) is 56.6 Å². The van der Waals surface area contributed by atoms with Crippen molar-refractivity contribution in [2.24, 2.45) is 0 Å². The van der Waals surface area contributed by atoms with Gasteiger partial charge in [-0.05, 0) is 62.8 Å². The normalized spacial score (nSPS) is 18.6. The molecule has 0 unspecified atom stereocenters. The Labute approximate surface area is 187 Å². The van der Waals surface area contributed by atoms with E-state index in [1.54, 1.807) is 17.0 Å². The lowest BCUT2D eigenvalue weighted by atomic mass is 10.0. The minimum Gasteiger partial charge on any atom is -0.311 e. The first-order valence-electron chi connectivity index (χ1n) is 9.73. The molecule has 1 saturated heterocycles. The molecule has 1 fully saturated rings. The fourth-order valence-electron chi connectivity index (χ4n) is 3.63. The van der Waals surface area contributed by atoms with Gasteiger partial charge in [0.1, 0.15) is 6.04 Å². The highest BCUT2D eigenvalue weighted by molar-refractivity contribution is 7.92. The second-order valence-corrected chi connectivity index (χ2v) is 10.8. The van der Waals surface area contributed by atoms with Crippen LogP contribution in [0.4, 0.5) is 5.69 Å². The standard InChI is InChI=1S/C21H26ClN3O3S2/c1-4-19(24(2)3)15-5-7-16(8-6-15)25-13-11-18(21(25)26)23-30(27,28)14-12-17-9-10-20(22)29-17/h5-10,12,14,18-19,23H,4,11,13H2,1-3H3/b14-12+/t18-,19+/m0/s1. The Balaban J connectivity index is 1.66. The van der Waals surface area contributed by atoms with Gasteiger partial charge in [-0.3, -0.25) is 4.79 Å². The van der Waals surface area contributed by atoms with Crippen molar-refractivity contribution in [1.82, 2.24) is 9.62 Å². The zero-order chi connectivity index (χ0) is 21.9. The van der Waals surface area contributed by atoms with E-state index in [0.29, 0.717) is 23.3 Å². The zero-order valence-electron chi connectivity index (χ0n) is 17.2. The molecule has 9 heteroatoms. The van der Waals surface area contributed by atoms with Crippen LogP contribution in [-0.4, -0.2) is 45.9 Å². The van der Waals surface area contributed by atoms with E-state index in [9.17, 15) is 13.2 Å². The summed E-state index contributed by atoms with van der Waals surface area (Å²) in [6, 6.07) is 10.9. The van der Waals surface area contributed by atoms with E-state index in [-0.39, 0.29) is 5.91 Å². The van der Waals surface area contributed by atoms with Gasteiger partial charge in [0.25, 0.3) is 0 Å². The molecule has 0 saturated carbocycles. The lowest BCUT2D eigenvalue weighted by Gasteiger charge is -2.24. The summed E-state index contributed by atoms with van der Waals surface area (Å²) in [6.45, 7) is 2.61. The Morgan fingerprint density at radius 1 is 1.27 bits per heavy atom. The average molecular weight is 468 g/mol. The highest BCUT2D eigenvalue weighted by Gasteiger charge is 2.34. The lowest BCUT2D eigenvalue weighted by Crippen LogP contribution is -2.40. The molecule has 2 heterocycles.